The topological polar surface area (TPSA) is 35.0 Å². The summed E-state index contributed by atoms with van der Waals surface area (Å²) in [4.78, 5) is 7.97. The van der Waals surface area contributed by atoms with Crippen molar-refractivity contribution in [3.8, 4) is 11.6 Å². The predicted molar refractivity (Wildman–Crippen MR) is 62.8 cm³/mol. The Labute approximate surface area is 103 Å². The van der Waals surface area contributed by atoms with Crippen molar-refractivity contribution in [2.24, 2.45) is 0 Å². The highest BCUT2D eigenvalue weighted by molar-refractivity contribution is 6.16. The standard InChI is InChI=1S/C12H10ClFN2O/c1-8-2-3-11(10(14)4-8)17-12-7-15-9(5-13)6-16-12/h2-4,6-7H,5H2,1H3. The molecule has 0 aliphatic heterocycles. The van der Waals surface area contributed by atoms with Crippen LogP contribution in [0.4, 0.5) is 4.39 Å². The van der Waals surface area contributed by atoms with Crippen LogP contribution in [0.5, 0.6) is 11.6 Å². The van der Waals surface area contributed by atoms with E-state index < -0.39 is 5.82 Å². The third kappa shape index (κ3) is 2.91. The third-order valence-corrected chi connectivity index (χ3v) is 2.39. The smallest absolute Gasteiger partial charge is 0.237 e. The average Bonchev–Trinajstić information content (AvgIpc) is 2.34. The number of hydrogen-bond donors (Lipinski definition) is 0. The Hall–Kier alpha value is -1.68. The quantitative estimate of drug-likeness (QED) is 0.785. The Morgan fingerprint density at radius 1 is 1.29 bits per heavy atom. The molecule has 0 unspecified atom stereocenters. The Kier molecular flexibility index (Phi) is 3.54. The SMILES string of the molecule is Cc1ccc(Oc2cnc(CCl)cn2)c(F)c1. The maximum atomic E-state index is 13.5. The molecule has 1 heterocycles. The van der Waals surface area contributed by atoms with E-state index in [0.717, 1.165) is 5.56 Å². The van der Waals surface area contributed by atoms with Gasteiger partial charge in [0.2, 0.25) is 5.88 Å². The van der Waals surface area contributed by atoms with Crippen molar-refractivity contribution in [1.82, 2.24) is 9.97 Å². The van der Waals surface area contributed by atoms with Gasteiger partial charge in [-0.1, -0.05) is 6.07 Å². The largest absolute Gasteiger partial charge is 0.434 e. The van der Waals surface area contributed by atoms with Crippen molar-refractivity contribution in [1.29, 1.82) is 0 Å². The molecule has 0 spiro atoms. The minimum atomic E-state index is -0.423. The van der Waals surface area contributed by atoms with Gasteiger partial charge in [0.1, 0.15) is 0 Å². The van der Waals surface area contributed by atoms with Gasteiger partial charge in [0.25, 0.3) is 0 Å². The molecule has 88 valence electrons. The normalized spacial score (nSPS) is 10.3. The Morgan fingerprint density at radius 3 is 2.71 bits per heavy atom. The molecule has 0 aliphatic rings. The van der Waals surface area contributed by atoms with Gasteiger partial charge in [-0.05, 0) is 24.6 Å². The van der Waals surface area contributed by atoms with Crippen molar-refractivity contribution in [2.45, 2.75) is 12.8 Å². The predicted octanol–water partition coefficient (Wildman–Crippen LogP) is 3.46. The molecule has 1 aromatic heterocycles. The minimum Gasteiger partial charge on any atom is -0.434 e. The fraction of sp³-hybridized carbons (Fsp3) is 0.167. The summed E-state index contributed by atoms with van der Waals surface area (Å²) in [7, 11) is 0. The summed E-state index contributed by atoms with van der Waals surface area (Å²) in [6, 6.07) is 4.72. The van der Waals surface area contributed by atoms with Gasteiger partial charge in [-0.3, -0.25) is 4.98 Å². The molecule has 0 bridgehead atoms. The van der Waals surface area contributed by atoms with Crippen LogP contribution >= 0.6 is 11.6 Å². The van der Waals surface area contributed by atoms with Crippen molar-refractivity contribution in [3.05, 3.63) is 47.7 Å². The first-order valence-electron chi connectivity index (χ1n) is 5.00. The van der Waals surface area contributed by atoms with E-state index in [9.17, 15) is 4.39 Å². The van der Waals surface area contributed by atoms with Crippen molar-refractivity contribution in [2.75, 3.05) is 0 Å². The second-order valence-corrected chi connectivity index (χ2v) is 3.78. The second kappa shape index (κ2) is 5.10. The van der Waals surface area contributed by atoms with Gasteiger partial charge in [0, 0.05) is 0 Å². The molecule has 2 aromatic rings. The summed E-state index contributed by atoms with van der Waals surface area (Å²) in [5, 5.41) is 0. The average molecular weight is 253 g/mol. The zero-order valence-corrected chi connectivity index (χ0v) is 9.91. The van der Waals surface area contributed by atoms with E-state index in [1.165, 1.54) is 18.5 Å². The zero-order valence-electron chi connectivity index (χ0n) is 9.15. The molecule has 0 saturated heterocycles. The van der Waals surface area contributed by atoms with Crippen molar-refractivity contribution in [3.63, 3.8) is 0 Å². The summed E-state index contributed by atoms with van der Waals surface area (Å²) >= 11 is 5.58. The monoisotopic (exact) mass is 252 g/mol. The molecule has 3 nitrogen and oxygen atoms in total. The van der Waals surface area contributed by atoms with Crippen LogP contribution in [-0.2, 0) is 5.88 Å². The van der Waals surface area contributed by atoms with E-state index in [0.29, 0.717) is 5.69 Å². The molecule has 0 amide bonds. The maximum Gasteiger partial charge on any atom is 0.237 e. The number of nitrogens with zero attached hydrogens (tertiary/aromatic N) is 2. The zero-order chi connectivity index (χ0) is 12.3. The molecule has 2 rings (SSSR count). The summed E-state index contributed by atoms with van der Waals surface area (Å²) in [5.74, 6) is 0.227. The van der Waals surface area contributed by atoms with E-state index in [1.54, 1.807) is 12.1 Å². The number of rotatable bonds is 3. The van der Waals surface area contributed by atoms with E-state index in [-0.39, 0.29) is 17.5 Å². The highest BCUT2D eigenvalue weighted by Gasteiger charge is 2.06. The molecule has 0 aliphatic carbocycles. The second-order valence-electron chi connectivity index (χ2n) is 3.52. The lowest BCUT2D eigenvalue weighted by Crippen LogP contribution is -1.94. The van der Waals surface area contributed by atoms with Crippen LogP contribution < -0.4 is 4.74 Å². The van der Waals surface area contributed by atoms with Crippen LogP contribution in [0.2, 0.25) is 0 Å². The first kappa shape index (κ1) is 11.8. The van der Waals surface area contributed by atoms with Gasteiger partial charge in [-0.25, -0.2) is 9.37 Å². The lowest BCUT2D eigenvalue weighted by Gasteiger charge is -2.06. The van der Waals surface area contributed by atoms with Crippen LogP contribution in [-0.4, -0.2) is 9.97 Å². The minimum absolute atomic E-state index is 0.128. The number of aromatic nitrogens is 2. The van der Waals surface area contributed by atoms with Crippen molar-refractivity contribution < 1.29 is 9.13 Å². The first-order chi connectivity index (χ1) is 8.19. The lowest BCUT2D eigenvalue weighted by atomic mass is 10.2. The van der Waals surface area contributed by atoms with Gasteiger partial charge >= 0.3 is 0 Å². The number of alkyl halides is 1. The fourth-order valence-corrected chi connectivity index (χ4v) is 1.40. The fourth-order valence-electron chi connectivity index (χ4n) is 1.27. The number of ether oxygens (including phenoxy) is 1. The van der Waals surface area contributed by atoms with Crippen LogP contribution in [0.25, 0.3) is 0 Å². The summed E-state index contributed by atoms with van der Waals surface area (Å²) < 4.78 is 18.8. The Balaban J connectivity index is 2.19. The highest BCUT2D eigenvalue weighted by Crippen LogP contribution is 2.23. The Bertz CT molecular complexity index is 516. The third-order valence-electron chi connectivity index (χ3n) is 2.12. The first-order valence-corrected chi connectivity index (χ1v) is 5.53. The molecule has 5 heteroatoms. The van der Waals surface area contributed by atoms with Crippen molar-refractivity contribution >= 4 is 11.6 Å². The summed E-state index contributed by atoms with van der Waals surface area (Å²) in [6.45, 7) is 1.81. The van der Waals surface area contributed by atoms with E-state index >= 15 is 0 Å². The number of aryl methyl sites for hydroxylation is 1. The molecule has 0 atom stereocenters. The van der Waals surface area contributed by atoms with Gasteiger partial charge in [0.15, 0.2) is 11.6 Å². The molecule has 0 fully saturated rings. The summed E-state index contributed by atoms with van der Waals surface area (Å²) in [6.07, 6.45) is 2.91. The van der Waals surface area contributed by atoms with Crippen LogP contribution in [0.1, 0.15) is 11.3 Å². The molecule has 0 saturated carbocycles. The molecular weight excluding hydrogens is 243 g/mol. The van der Waals surface area contributed by atoms with Gasteiger partial charge < -0.3 is 4.74 Å². The molecule has 0 radical (unpaired) electrons. The van der Waals surface area contributed by atoms with E-state index in [1.807, 2.05) is 6.92 Å². The number of halogens is 2. The van der Waals surface area contributed by atoms with Gasteiger partial charge in [0.05, 0.1) is 24.0 Å². The highest BCUT2D eigenvalue weighted by atomic mass is 35.5. The van der Waals surface area contributed by atoms with E-state index in [4.69, 9.17) is 16.3 Å². The van der Waals surface area contributed by atoms with Gasteiger partial charge in [-0.15, -0.1) is 11.6 Å². The lowest BCUT2D eigenvalue weighted by molar-refractivity contribution is 0.424. The van der Waals surface area contributed by atoms with E-state index in [2.05, 4.69) is 9.97 Å². The molecule has 17 heavy (non-hydrogen) atoms. The maximum absolute atomic E-state index is 13.5. The van der Waals surface area contributed by atoms with Crippen LogP contribution in [0, 0.1) is 12.7 Å². The summed E-state index contributed by atoms with van der Waals surface area (Å²) in [5.41, 5.74) is 1.47. The molecular formula is C12H10ClFN2O. The molecule has 1 aromatic carbocycles. The molecule has 0 N–H and O–H groups in total. The Morgan fingerprint density at radius 2 is 2.12 bits per heavy atom. The van der Waals surface area contributed by atoms with Crippen LogP contribution in [0.3, 0.4) is 0 Å². The number of benzene rings is 1. The van der Waals surface area contributed by atoms with Gasteiger partial charge in [-0.2, -0.15) is 0 Å². The number of hydrogen-bond acceptors (Lipinski definition) is 3. The van der Waals surface area contributed by atoms with Crippen LogP contribution in [0.15, 0.2) is 30.6 Å².